The van der Waals surface area contributed by atoms with Gasteiger partial charge in [0.05, 0.1) is 6.26 Å². The number of sulfonamides is 1. The Balaban J connectivity index is 1.98. The number of hydrogen-bond donors (Lipinski definition) is 1. The van der Waals surface area contributed by atoms with Crippen LogP contribution in [0.25, 0.3) is 0 Å². The molecule has 0 radical (unpaired) electrons. The van der Waals surface area contributed by atoms with Gasteiger partial charge in [-0.1, -0.05) is 42.0 Å². The minimum absolute atomic E-state index is 0.204. The van der Waals surface area contributed by atoms with E-state index < -0.39 is 10.0 Å². The van der Waals surface area contributed by atoms with Gasteiger partial charge in [-0.15, -0.1) is 0 Å². The van der Waals surface area contributed by atoms with Gasteiger partial charge in [-0.3, -0.25) is 4.79 Å². The van der Waals surface area contributed by atoms with Crippen LogP contribution in [0.4, 0.5) is 0 Å². The lowest BCUT2D eigenvalue weighted by Crippen LogP contribution is -2.37. The zero-order valence-electron chi connectivity index (χ0n) is 14.8. The van der Waals surface area contributed by atoms with Crippen molar-refractivity contribution < 1.29 is 13.2 Å². The second kappa shape index (κ2) is 8.27. The summed E-state index contributed by atoms with van der Waals surface area (Å²) in [6.07, 6.45) is 1.19. The van der Waals surface area contributed by atoms with Gasteiger partial charge in [-0.05, 0) is 37.1 Å². The highest BCUT2D eigenvalue weighted by molar-refractivity contribution is 7.88. The lowest BCUT2D eigenvalue weighted by molar-refractivity contribution is 0.0951. The maximum Gasteiger partial charge on any atom is 0.251 e. The second-order valence-corrected chi connectivity index (χ2v) is 8.13. The van der Waals surface area contributed by atoms with Crippen molar-refractivity contribution in [3.05, 3.63) is 70.8 Å². The molecule has 2 aromatic carbocycles. The van der Waals surface area contributed by atoms with Crippen LogP contribution in [0.15, 0.2) is 48.5 Å². The van der Waals surface area contributed by atoms with Gasteiger partial charge < -0.3 is 5.32 Å². The molecule has 6 heteroatoms. The predicted octanol–water partition coefficient (Wildman–Crippen LogP) is 2.50. The first-order chi connectivity index (χ1) is 11.8. The number of rotatable bonds is 7. The molecule has 134 valence electrons. The molecule has 0 aromatic heterocycles. The van der Waals surface area contributed by atoms with Crippen LogP contribution in [0.5, 0.6) is 0 Å². The van der Waals surface area contributed by atoms with Gasteiger partial charge >= 0.3 is 0 Å². The zero-order chi connectivity index (χ0) is 18.4. The lowest BCUT2D eigenvalue weighted by atomic mass is 10.1. The summed E-state index contributed by atoms with van der Waals surface area (Å²) in [6.45, 7) is 4.69. The fourth-order valence-corrected chi connectivity index (χ4v) is 3.24. The molecule has 2 rings (SSSR count). The third-order valence-electron chi connectivity index (χ3n) is 4.04. The highest BCUT2D eigenvalue weighted by atomic mass is 32.2. The molecule has 0 fully saturated rings. The highest BCUT2D eigenvalue weighted by Gasteiger charge is 2.18. The summed E-state index contributed by atoms with van der Waals surface area (Å²) in [7, 11) is -3.37. The van der Waals surface area contributed by atoms with Gasteiger partial charge in [-0.2, -0.15) is 4.31 Å². The molecule has 0 bridgehead atoms. The maximum atomic E-state index is 12.1. The van der Waals surface area contributed by atoms with Gasteiger partial charge in [0, 0.05) is 25.2 Å². The fourth-order valence-electron chi connectivity index (χ4n) is 2.44. The summed E-state index contributed by atoms with van der Waals surface area (Å²) in [5, 5.41) is 2.78. The first kappa shape index (κ1) is 19.1. The monoisotopic (exact) mass is 360 g/mol. The molecule has 1 N–H and O–H groups in total. The number of carbonyl (C=O) groups is 1. The Bertz CT molecular complexity index is 830. The molecule has 0 saturated carbocycles. The van der Waals surface area contributed by atoms with Crippen LogP contribution in [-0.4, -0.2) is 38.0 Å². The van der Waals surface area contributed by atoms with Crippen LogP contribution >= 0.6 is 0 Å². The van der Waals surface area contributed by atoms with Crippen LogP contribution in [0, 0.1) is 13.8 Å². The van der Waals surface area contributed by atoms with E-state index in [1.54, 1.807) is 12.1 Å². The van der Waals surface area contributed by atoms with Crippen LogP contribution in [0.1, 0.15) is 27.0 Å². The summed E-state index contributed by atoms with van der Waals surface area (Å²) in [4.78, 5) is 12.1. The SMILES string of the molecule is Cc1ccc(C(=O)NCCN(Cc2ccccc2C)S(C)(=O)=O)cc1. The molecule has 0 atom stereocenters. The summed E-state index contributed by atoms with van der Waals surface area (Å²) < 4.78 is 25.5. The van der Waals surface area contributed by atoms with E-state index in [2.05, 4.69) is 5.32 Å². The number of benzene rings is 2. The second-order valence-electron chi connectivity index (χ2n) is 6.14. The molecule has 2 aromatic rings. The van der Waals surface area contributed by atoms with Crippen molar-refractivity contribution in [1.29, 1.82) is 0 Å². The quantitative estimate of drug-likeness (QED) is 0.825. The summed E-state index contributed by atoms with van der Waals surface area (Å²) in [6, 6.07) is 14.9. The van der Waals surface area contributed by atoms with Crippen molar-refractivity contribution in [3.63, 3.8) is 0 Å². The Morgan fingerprint density at radius 1 is 1.04 bits per heavy atom. The predicted molar refractivity (Wildman–Crippen MR) is 99.9 cm³/mol. The molecule has 5 nitrogen and oxygen atoms in total. The van der Waals surface area contributed by atoms with E-state index in [4.69, 9.17) is 0 Å². The summed E-state index contributed by atoms with van der Waals surface area (Å²) in [5.41, 5.74) is 3.64. The Labute approximate surface area is 149 Å². The van der Waals surface area contributed by atoms with Crippen molar-refractivity contribution in [3.8, 4) is 0 Å². The van der Waals surface area contributed by atoms with Crippen molar-refractivity contribution in [2.75, 3.05) is 19.3 Å². The van der Waals surface area contributed by atoms with E-state index in [1.165, 1.54) is 10.6 Å². The number of amides is 1. The number of carbonyl (C=O) groups excluding carboxylic acids is 1. The molecule has 0 spiro atoms. The van der Waals surface area contributed by atoms with Crippen molar-refractivity contribution in [1.82, 2.24) is 9.62 Å². The minimum atomic E-state index is -3.37. The Kier molecular flexibility index (Phi) is 6.33. The van der Waals surface area contributed by atoms with E-state index in [-0.39, 0.29) is 19.0 Å². The Morgan fingerprint density at radius 2 is 1.68 bits per heavy atom. The number of hydrogen-bond acceptors (Lipinski definition) is 3. The van der Waals surface area contributed by atoms with E-state index in [1.807, 2.05) is 50.2 Å². The zero-order valence-corrected chi connectivity index (χ0v) is 15.6. The third kappa shape index (κ3) is 5.69. The standard InChI is InChI=1S/C19H24N2O3S/c1-15-8-10-17(11-9-15)19(22)20-12-13-21(25(3,23)24)14-18-7-5-4-6-16(18)2/h4-11H,12-14H2,1-3H3,(H,20,22). The number of aryl methyl sites for hydroxylation is 2. The van der Waals surface area contributed by atoms with Crippen LogP contribution in [0.2, 0.25) is 0 Å². The molecule has 0 aliphatic carbocycles. The average Bonchev–Trinajstić information content (AvgIpc) is 2.55. The smallest absolute Gasteiger partial charge is 0.251 e. The summed E-state index contributed by atoms with van der Waals surface area (Å²) in [5.74, 6) is -0.204. The van der Waals surface area contributed by atoms with E-state index in [0.29, 0.717) is 12.1 Å². The van der Waals surface area contributed by atoms with Crippen molar-refractivity contribution >= 4 is 15.9 Å². The number of nitrogens with one attached hydrogen (secondary N) is 1. The van der Waals surface area contributed by atoms with Crippen LogP contribution < -0.4 is 5.32 Å². The first-order valence-electron chi connectivity index (χ1n) is 8.12. The molecule has 0 aliphatic rings. The fraction of sp³-hybridized carbons (Fsp3) is 0.316. The van der Waals surface area contributed by atoms with E-state index >= 15 is 0 Å². The summed E-state index contributed by atoms with van der Waals surface area (Å²) >= 11 is 0. The molecule has 25 heavy (non-hydrogen) atoms. The topological polar surface area (TPSA) is 66.5 Å². The van der Waals surface area contributed by atoms with Gasteiger partial charge in [-0.25, -0.2) is 8.42 Å². The largest absolute Gasteiger partial charge is 0.351 e. The van der Waals surface area contributed by atoms with Crippen LogP contribution in [-0.2, 0) is 16.6 Å². The van der Waals surface area contributed by atoms with Gasteiger partial charge in [0.15, 0.2) is 0 Å². The minimum Gasteiger partial charge on any atom is -0.351 e. The molecule has 0 aliphatic heterocycles. The van der Waals surface area contributed by atoms with Crippen LogP contribution in [0.3, 0.4) is 0 Å². The molecular formula is C19H24N2O3S. The maximum absolute atomic E-state index is 12.1. The van der Waals surface area contributed by atoms with Crippen molar-refractivity contribution in [2.45, 2.75) is 20.4 Å². The Morgan fingerprint density at radius 3 is 2.28 bits per heavy atom. The lowest BCUT2D eigenvalue weighted by Gasteiger charge is -2.21. The molecule has 0 heterocycles. The third-order valence-corrected chi connectivity index (χ3v) is 5.29. The normalized spacial score (nSPS) is 11.5. The molecular weight excluding hydrogens is 336 g/mol. The molecule has 1 amide bonds. The first-order valence-corrected chi connectivity index (χ1v) is 9.96. The van der Waals surface area contributed by atoms with E-state index in [0.717, 1.165) is 16.7 Å². The van der Waals surface area contributed by atoms with Crippen molar-refractivity contribution in [2.24, 2.45) is 0 Å². The van der Waals surface area contributed by atoms with Gasteiger partial charge in [0.2, 0.25) is 10.0 Å². The Hall–Kier alpha value is -2.18. The molecule has 0 unspecified atom stereocenters. The van der Waals surface area contributed by atoms with Gasteiger partial charge in [0.1, 0.15) is 0 Å². The van der Waals surface area contributed by atoms with E-state index in [9.17, 15) is 13.2 Å². The average molecular weight is 360 g/mol. The number of nitrogens with zero attached hydrogens (tertiary/aromatic N) is 1. The molecule has 0 saturated heterocycles. The highest BCUT2D eigenvalue weighted by Crippen LogP contribution is 2.12. The van der Waals surface area contributed by atoms with Gasteiger partial charge in [0.25, 0.3) is 5.91 Å².